The average Bonchev–Trinajstić information content (AvgIpc) is 3.08. The number of rotatable bonds is 7. The Kier molecular flexibility index (Phi) is 5.77. The van der Waals surface area contributed by atoms with E-state index in [1.54, 1.807) is 18.2 Å². The van der Waals surface area contributed by atoms with E-state index in [2.05, 4.69) is 9.71 Å². The summed E-state index contributed by atoms with van der Waals surface area (Å²) < 4.78 is 40.7. The Bertz CT molecular complexity index is 992. The monoisotopic (exact) mass is 396 g/mol. The molecule has 0 spiro atoms. The van der Waals surface area contributed by atoms with Crippen molar-refractivity contribution in [1.82, 2.24) is 9.71 Å². The van der Waals surface area contributed by atoms with Crippen molar-refractivity contribution >= 4 is 39.8 Å². The zero-order valence-electron chi connectivity index (χ0n) is 13.4. The van der Waals surface area contributed by atoms with Gasteiger partial charge in [0.1, 0.15) is 11.3 Å². The highest BCUT2D eigenvalue weighted by Gasteiger charge is 2.18. The van der Waals surface area contributed by atoms with Gasteiger partial charge in [-0.2, -0.15) is 0 Å². The van der Waals surface area contributed by atoms with Gasteiger partial charge in [0.25, 0.3) is 0 Å². The molecule has 6 nitrogen and oxygen atoms in total. The number of ketones is 1. The zero-order chi connectivity index (χ0) is 18.7. The molecule has 0 radical (unpaired) electrons. The van der Waals surface area contributed by atoms with Crippen molar-refractivity contribution in [3.8, 4) is 0 Å². The maximum absolute atomic E-state index is 14.0. The van der Waals surface area contributed by atoms with Gasteiger partial charge in [0, 0.05) is 17.7 Å². The van der Waals surface area contributed by atoms with E-state index in [-0.39, 0.29) is 17.1 Å². The van der Waals surface area contributed by atoms with Gasteiger partial charge >= 0.3 is 0 Å². The van der Waals surface area contributed by atoms with Crippen LogP contribution in [0.5, 0.6) is 0 Å². The van der Waals surface area contributed by atoms with Crippen LogP contribution < -0.4 is 4.72 Å². The number of hydrogen-bond donors (Lipinski definition) is 2. The fraction of sp³-hybridized carbons (Fsp3) is 0.176. The Balaban J connectivity index is 1.86. The minimum atomic E-state index is -2.10. The van der Waals surface area contributed by atoms with Gasteiger partial charge in [0.15, 0.2) is 17.8 Å². The summed E-state index contributed by atoms with van der Waals surface area (Å²) >= 11 is 4.21. The number of nitrogens with one attached hydrogen (secondary N) is 1. The van der Waals surface area contributed by atoms with Crippen molar-refractivity contribution in [2.75, 3.05) is 6.54 Å². The molecule has 0 aliphatic carbocycles. The Morgan fingerprint density at radius 3 is 2.92 bits per heavy atom. The number of fused-ring (bicyclic) bond motifs is 1. The third kappa shape index (κ3) is 4.16. The second kappa shape index (κ2) is 8.05. The van der Waals surface area contributed by atoms with Gasteiger partial charge < -0.3 is 4.42 Å². The lowest BCUT2D eigenvalue weighted by atomic mass is 9.99. The summed E-state index contributed by atoms with van der Waals surface area (Å²) in [4.78, 5) is 16.8. The van der Waals surface area contributed by atoms with Crippen molar-refractivity contribution < 1.29 is 22.4 Å². The van der Waals surface area contributed by atoms with Crippen LogP contribution in [0.3, 0.4) is 0 Å². The van der Waals surface area contributed by atoms with Gasteiger partial charge in [0.2, 0.25) is 11.3 Å². The van der Waals surface area contributed by atoms with E-state index >= 15 is 0 Å². The highest BCUT2D eigenvalue weighted by molar-refractivity contribution is 7.77. The predicted octanol–water partition coefficient (Wildman–Crippen LogP) is 3.51. The molecule has 1 atom stereocenters. The first-order valence-electron chi connectivity index (χ1n) is 7.66. The third-order valence-corrected chi connectivity index (χ3v) is 4.70. The molecule has 2 aromatic carbocycles. The first-order valence-corrected chi connectivity index (χ1v) is 9.14. The highest BCUT2D eigenvalue weighted by atomic mass is 35.5. The molecular formula is C17H14ClFN2O4S. The normalized spacial score (nSPS) is 12.4. The van der Waals surface area contributed by atoms with Crippen LogP contribution in [-0.4, -0.2) is 26.1 Å². The molecule has 2 N–H and O–H groups in total. The van der Waals surface area contributed by atoms with Crippen LogP contribution in [0.4, 0.5) is 4.39 Å². The first-order chi connectivity index (χ1) is 12.5. The van der Waals surface area contributed by atoms with Crippen LogP contribution in [0.1, 0.15) is 27.9 Å². The van der Waals surface area contributed by atoms with E-state index in [9.17, 15) is 13.4 Å². The molecule has 1 aromatic heterocycles. The topological polar surface area (TPSA) is 92.4 Å². The fourth-order valence-electron chi connectivity index (χ4n) is 2.59. The molecule has 1 heterocycles. The van der Waals surface area contributed by atoms with Crippen LogP contribution >= 0.6 is 11.6 Å². The summed E-state index contributed by atoms with van der Waals surface area (Å²) in [5.74, 6) is -0.996. The second-order valence-corrected chi connectivity index (χ2v) is 6.70. The van der Waals surface area contributed by atoms with E-state index in [0.717, 1.165) is 6.07 Å². The summed E-state index contributed by atoms with van der Waals surface area (Å²) in [6, 6.07) is 7.10. The molecular weight excluding hydrogens is 383 g/mol. The molecule has 9 heteroatoms. The minimum absolute atomic E-state index is 0.0585. The fourth-order valence-corrected chi connectivity index (χ4v) is 3.19. The van der Waals surface area contributed by atoms with E-state index < -0.39 is 22.9 Å². The van der Waals surface area contributed by atoms with Crippen LogP contribution in [-0.2, 0) is 17.7 Å². The smallest absolute Gasteiger partial charge is 0.231 e. The molecule has 0 bridgehead atoms. The molecule has 0 saturated carbocycles. The highest BCUT2D eigenvalue weighted by Crippen LogP contribution is 2.27. The Labute approximate surface area is 155 Å². The molecule has 136 valence electrons. The van der Waals surface area contributed by atoms with Crippen molar-refractivity contribution in [3.63, 3.8) is 0 Å². The van der Waals surface area contributed by atoms with Gasteiger partial charge in [-0.15, -0.1) is 0 Å². The van der Waals surface area contributed by atoms with Crippen LogP contribution in [0.2, 0.25) is 5.02 Å². The summed E-state index contributed by atoms with van der Waals surface area (Å²) in [6.07, 6.45) is 2.08. The molecule has 3 rings (SSSR count). The molecule has 26 heavy (non-hydrogen) atoms. The number of aromatic nitrogens is 1. The Morgan fingerprint density at radius 2 is 2.15 bits per heavy atom. The van der Waals surface area contributed by atoms with Crippen LogP contribution in [0.15, 0.2) is 41.1 Å². The van der Waals surface area contributed by atoms with Crippen molar-refractivity contribution in [2.45, 2.75) is 12.8 Å². The number of hydrogen-bond acceptors (Lipinski definition) is 4. The standard InChI is InChI=1S/C17H14ClFN2O4S/c18-16-10(2-1-5-21-26(23)24)6-12(19)8-13(16)17(22)11-3-4-15-14(7-11)20-9-25-15/h3-4,6-9,21H,1-2,5H2,(H,23,24). The Morgan fingerprint density at radius 1 is 1.35 bits per heavy atom. The number of carbonyl (C=O) groups excluding carboxylic acids is 1. The Hall–Kier alpha value is -2.13. The van der Waals surface area contributed by atoms with Gasteiger partial charge in [-0.3, -0.25) is 9.35 Å². The van der Waals surface area contributed by atoms with Gasteiger partial charge in [-0.05, 0) is 48.7 Å². The molecule has 0 saturated heterocycles. The largest absolute Gasteiger partial charge is 0.443 e. The molecule has 0 amide bonds. The lowest BCUT2D eigenvalue weighted by molar-refractivity contribution is 0.103. The molecule has 3 aromatic rings. The van der Waals surface area contributed by atoms with E-state index in [0.29, 0.717) is 35.1 Å². The summed E-state index contributed by atoms with van der Waals surface area (Å²) in [5, 5.41) is 0.168. The third-order valence-electron chi connectivity index (χ3n) is 3.80. The summed E-state index contributed by atoms with van der Waals surface area (Å²) in [7, 11) is 0. The summed E-state index contributed by atoms with van der Waals surface area (Å²) in [5.41, 5.74) is 1.90. The van der Waals surface area contributed by atoms with E-state index in [1.807, 2.05) is 0 Å². The maximum atomic E-state index is 14.0. The van der Waals surface area contributed by atoms with Gasteiger partial charge in [-0.25, -0.2) is 18.3 Å². The molecule has 0 fully saturated rings. The quantitative estimate of drug-likeness (QED) is 0.362. The molecule has 1 unspecified atom stereocenters. The van der Waals surface area contributed by atoms with E-state index in [1.165, 1.54) is 12.5 Å². The number of carbonyl (C=O) groups is 1. The maximum Gasteiger partial charge on any atom is 0.231 e. The second-order valence-electron chi connectivity index (χ2n) is 5.54. The number of benzene rings is 2. The number of oxazole rings is 1. The number of aryl methyl sites for hydroxylation is 1. The van der Waals surface area contributed by atoms with Crippen LogP contribution in [0, 0.1) is 5.82 Å². The minimum Gasteiger partial charge on any atom is -0.443 e. The number of nitrogens with zero attached hydrogens (tertiary/aromatic N) is 1. The summed E-state index contributed by atoms with van der Waals surface area (Å²) in [6.45, 7) is 0.252. The van der Waals surface area contributed by atoms with Gasteiger partial charge in [-0.1, -0.05) is 11.6 Å². The predicted molar refractivity (Wildman–Crippen MR) is 95.9 cm³/mol. The van der Waals surface area contributed by atoms with Gasteiger partial charge in [0.05, 0.1) is 5.02 Å². The van der Waals surface area contributed by atoms with E-state index in [4.69, 9.17) is 20.6 Å². The van der Waals surface area contributed by atoms with Crippen LogP contribution in [0.25, 0.3) is 11.1 Å². The lowest BCUT2D eigenvalue weighted by Crippen LogP contribution is -2.18. The van der Waals surface area contributed by atoms with Crippen molar-refractivity contribution in [1.29, 1.82) is 0 Å². The molecule has 0 aliphatic rings. The van der Waals surface area contributed by atoms with Crippen molar-refractivity contribution in [2.24, 2.45) is 0 Å². The average molecular weight is 397 g/mol. The van der Waals surface area contributed by atoms with Crippen molar-refractivity contribution in [3.05, 3.63) is 64.3 Å². The number of halogens is 2. The molecule has 0 aliphatic heterocycles. The zero-order valence-corrected chi connectivity index (χ0v) is 14.9. The SMILES string of the molecule is O=C(c1ccc2ocnc2c1)c1cc(F)cc(CCCNS(=O)O)c1Cl. The lowest BCUT2D eigenvalue weighted by Gasteiger charge is -2.10. The first kappa shape index (κ1) is 18.7.